The van der Waals surface area contributed by atoms with Crippen molar-refractivity contribution in [3.8, 4) is 0 Å². The third-order valence-corrected chi connectivity index (χ3v) is 5.27. The number of carbonyl (C=O) groups is 1. The molecule has 6 heteroatoms. The van der Waals surface area contributed by atoms with Crippen molar-refractivity contribution in [1.82, 2.24) is 20.4 Å². The molecule has 3 heterocycles. The number of hydrogen-bond donors (Lipinski definition) is 2. The quantitative estimate of drug-likeness (QED) is 0.893. The minimum Gasteiger partial charge on any atom is -0.378 e. The number of carbonyl (C=O) groups excluding carboxylic acids is 1. The van der Waals surface area contributed by atoms with Crippen LogP contribution >= 0.6 is 0 Å². The molecule has 6 nitrogen and oxygen atoms in total. The first-order valence-electron chi connectivity index (χ1n) is 9.19. The lowest BCUT2D eigenvalue weighted by molar-refractivity contribution is -0.0840. The average Bonchev–Trinajstić information content (AvgIpc) is 2.99. The molecule has 2 N–H and O–H groups in total. The molecule has 2 saturated heterocycles. The van der Waals surface area contributed by atoms with Crippen molar-refractivity contribution < 1.29 is 9.53 Å². The van der Waals surface area contributed by atoms with Crippen LogP contribution < -0.4 is 5.32 Å². The predicted molar refractivity (Wildman–Crippen MR) is 96.5 cm³/mol. The van der Waals surface area contributed by atoms with Crippen molar-refractivity contribution in [2.45, 2.75) is 44.8 Å². The van der Waals surface area contributed by atoms with Gasteiger partial charge in [0, 0.05) is 30.1 Å². The molecule has 0 spiro atoms. The zero-order valence-electron chi connectivity index (χ0n) is 14.9. The molecule has 1 aromatic heterocycles. The van der Waals surface area contributed by atoms with Crippen LogP contribution in [-0.4, -0.2) is 58.9 Å². The van der Waals surface area contributed by atoms with Crippen molar-refractivity contribution in [3.05, 3.63) is 30.0 Å². The number of morpholine rings is 1. The van der Waals surface area contributed by atoms with Gasteiger partial charge in [-0.15, -0.1) is 0 Å². The van der Waals surface area contributed by atoms with E-state index < -0.39 is 0 Å². The molecular weight excluding hydrogens is 316 g/mol. The van der Waals surface area contributed by atoms with Crippen molar-refractivity contribution in [2.75, 3.05) is 19.8 Å². The lowest BCUT2D eigenvalue weighted by Gasteiger charge is -2.49. The van der Waals surface area contributed by atoms with E-state index >= 15 is 0 Å². The molecule has 0 aliphatic carbocycles. The lowest BCUT2D eigenvalue weighted by Crippen LogP contribution is -2.61. The van der Waals surface area contributed by atoms with E-state index in [1.165, 1.54) is 0 Å². The second-order valence-corrected chi connectivity index (χ2v) is 7.70. The number of H-pyrrole nitrogens is 1. The highest BCUT2D eigenvalue weighted by atomic mass is 16.5. The summed E-state index contributed by atoms with van der Waals surface area (Å²) < 4.78 is 5.76. The average molecular weight is 342 g/mol. The zero-order chi connectivity index (χ0) is 17.4. The maximum atomic E-state index is 12.7. The first-order valence-corrected chi connectivity index (χ1v) is 9.19. The first kappa shape index (κ1) is 16.5. The monoisotopic (exact) mass is 342 g/mol. The molecule has 25 heavy (non-hydrogen) atoms. The van der Waals surface area contributed by atoms with Crippen LogP contribution in [0.5, 0.6) is 0 Å². The normalized spacial score (nSPS) is 26.9. The number of aromatic nitrogens is 2. The minimum absolute atomic E-state index is 0.0845. The number of piperidine rings is 1. The maximum absolute atomic E-state index is 12.7. The van der Waals surface area contributed by atoms with Gasteiger partial charge in [0.05, 0.1) is 18.7 Å². The Hall–Kier alpha value is -1.92. The standard InChI is InChI=1S/C19H26N4O2/c1-12(2)9-23-14-7-13(8-15(23)11-25-10-14)20-19(24)18-16-5-3-4-6-17(16)21-22-18/h3-6,12-15H,7-11H2,1-2H3,(H,20,24)(H,21,22)/t13?,14-,15+. The second-order valence-electron chi connectivity index (χ2n) is 7.70. The summed E-state index contributed by atoms with van der Waals surface area (Å²) in [5.41, 5.74) is 1.38. The molecule has 3 atom stereocenters. The topological polar surface area (TPSA) is 70.2 Å². The summed E-state index contributed by atoms with van der Waals surface area (Å²) in [6, 6.07) is 8.72. The number of rotatable bonds is 4. The summed E-state index contributed by atoms with van der Waals surface area (Å²) in [5.74, 6) is 0.559. The largest absolute Gasteiger partial charge is 0.378 e. The van der Waals surface area contributed by atoms with Gasteiger partial charge in [-0.25, -0.2) is 0 Å². The summed E-state index contributed by atoms with van der Waals surface area (Å²) >= 11 is 0. The van der Waals surface area contributed by atoms with Crippen LogP contribution in [0.4, 0.5) is 0 Å². The Morgan fingerprint density at radius 3 is 2.76 bits per heavy atom. The number of benzene rings is 1. The highest BCUT2D eigenvalue weighted by molar-refractivity contribution is 6.04. The number of nitrogens with one attached hydrogen (secondary N) is 2. The fraction of sp³-hybridized carbons (Fsp3) is 0.579. The molecule has 2 aliphatic rings. The number of nitrogens with zero attached hydrogens (tertiary/aromatic N) is 2. The van der Waals surface area contributed by atoms with Crippen molar-refractivity contribution >= 4 is 16.8 Å². The Kier molecular flexibility index (Phi) is 4.48. The van der Waals surface area contributed by atoms with Gasteiger partial charge in [0.15, 0.2) is 5.69 Å². The molecule has 2 bridgehead atoms. The Balaban J connectivity index is 1.46. The fourth-order valence-electron chi connectivity index (χ4n) is 4.22. The van der Waals surface area contributed by atoms with Gasteiger partial charge in [0.1, 0.15) is 0 Å². The molecule has 1 amide bonds. The molecule has 0 saturated carbocycles. The first-order chi connectivity index (χ1) is 12.1. The van der Waals surface area contributed by atoms with E-state index in [1.54, 1.807) is 0 Å². The minimum atomic E-state index is -0.0845. The van der Waals surface area contributed by atoms with Crippen LogP contribution in [0.1, 0.15) is 37.2 Å². The van der Waals surface area contributed by atoms with Crippen LogP contribution in [0.25, 0.3) is 10.9 Å². The molecule has 1 aromatic carbocycles. The summed E-state index contributed by atoms with van der Waals surface area (Å²) in [6.45, 7) is 7.14. The van der Waals surface area contributed by atoms with Gasteiger partial charge in [0.25, 0.3) is 5.91 Å². The Morgan fingerprint density at radius 2 is 2.04 bits per heavy atom. The van der Waals surface area contributed by atoms with Gasteiger partial charge in [-0.05, 0) is 24.8 Å². The van der Waals surface area contributed by atoms with Crippen molar-refractivity contribution in [3.63, 3.8) is 0 Å². The van der Waals surface area contributed by atoms with Crippen LogP contribution in [0, 0.1) is 5.92 Å². The molecule has 2 fully saturated rings. The van der Waals surface area contributed by atoms with Gasteiger partial charge in [0.2, 0.25) is 0 Å². The predicted octanol–water partition coefficient (Wildman–Crippen LogP) is 2.18. The lowest BCUT2D eigenvalue weighted by atomic mass is 9.89. The van der Waals surface area contributed by atoms with E-state index in [2.05, 4.69) is 34.3 Å². The number of amides is 1. The molecule has 1 unspecified atom stereocenters. The Morgan fingerprint density at radius 1 is 1.32 bits per heavy atom. The highest BCUT2D eigenvalue weighted by Crippen LogP contribution is 2.29. The van der Waals surface area contributed by atoms with E-state index in [-0.39, 0.29) is 11.9 Å². The smallest absolute Gasteiger partial charge is 0.272 e. The summed E-state index contributed by atoms with van der Waals surface area (Å²) in [6.07, 6.45) is 1.88. The number of aromatic amines is 1. The number of para-hydroxylation sites is 1. The fourth-order valence-corrected chi connectivity index (χ4v) is 4.22. The van der Waals surface area contributed by atoms with Crippen LogP contribution in [0.2, 0.25) is 0 Å². The molecule has 4 rings (SSSR count). The van der Waals surface area contributed by atoms with Crippen LogP contribution in [0.3, 0.4) is 0 Å². The molecule has 2 aromatic rings. The summed E-state index contributed by atoms with van der Waals surface area (Å²) in [4.78, 5) is 15.3. The maximum Gasteiger partial charge on any atom is 0.272 e. The Labute approximate surface area is 147 Å². The van der Waals surface area contributed by atoms with Gasteiger partial charge in [-0.2, -0.15) is 5.10 Å². The number of ether oxygens (including phenoxy) is 1. The van der Waals surface area contributed by atoms with Crippen LogP contribution in [-0.2, 0) is 4.74 Å². The van der Waals surface area contributed by atoms with Crippen molar-refractivity contribution in [1.29, 1.82) is 0 Å². The molecule has 0 radical (unpaired) electrons. The van der Waals surface area contributed by atoms with Gasteiger partial charge < -0.3 is 10.1 Å². The second kappa shape index (κ2) is 6.77. The highest BCUT2D eigenvalue weighted by Gasteiger charge is 2.39. The third-order valence-electron chi connectivity index (χ3n) is 5.27. The van der Waals surface area contributed by atoms with Crippen molar-refractivity contribution in [2.24, 2.45) is 5.92 Å². The van der Waals surface area contributed by atoms with E-state index in [0.717, 1.165) is 43.5 Å². The third kappa shape index (κ3) is 3.28. The van der Waals surface area contributed by atoms with E-state index in [4.69, 9.17) is 4.74 Å². The van der Waals surface area contributed by atoms with E-state index in [1.807, 2.05) is 24.3 Å². The Bertz CT molecular complexity index is 743. The van der Waals surface area contributed by atoms with Crippen LogP contribution in [0.15, 0.2) is 24.3 Å². The van der Waals surface area contributed by atoms with E-state index in [0.29, 0.717) is 23.7 Å². The number of fused-ring (bicyclic) bond motifs is 3. The van der Waals surface area contributed by atoms with Gasteiger partial charge in [-0.3, -0.25) is 14.8 Å². The summed E-state index contributed by atoms with van der Waals surface area (Å²) in [7, 11) is 0. The van der Waals surface area contributed by atoms with Gasteiger partial charge >= 0.3 is 0 Å². The SMILES string of the molecule is CC(C)CN1[C@@H]2COC[C@H]1CC(NC(=O)c1n[nH]c3ccccc13)C2. The van der Waals surface area contributed by atoms with E-state index in [9.17, 15) is 4.79 Å². The zero-order valence-corrected chi connectivity index (χ0v) is 14.9. The molecule has 134 valence electrons. The number of hydrogen-bond acceptors (Lipinski definition) is 4. The summed E-state index contributed by atoms with van der Waals surface area (Å²) in [5, 5.41) is 11.2. The molecular formula is C19H26N4O2. The van der Waals surface area contributed by atoms with Gasteiger partial charge in [-0.1, -0.05) is 32.0 Å². The molecule has 2 aliphatic heterocycles.